The standard InChI is InChI=1S/C9H14O5/c1-10-2-3-11-6-5-4-12-9(13-5)8-7(6)14-8/h5-9H,2-4H2,1H3/t5-,6-,7+,8-,9-/m1/s1. The molecule has 0 aromatic heterocycles. The van der Waals surface area contributed by atoms with E-state index >= 15 is 0 Å². The van der Waals surface area contributed by atoms with Gasteiger partial charge in [-0.25, -0.2) is 0 Å². The summed E-state index contributed by atoms with van der Waals surface area (Å²) in [5.41, 5.74) is 0. The molecule has 3 saturated heterocycles. The zero-order valence-electron chi connectivity index (χ0n) is 8.05. The van der Waals surface area contributed by atoms with Crippen molar-refractivity contribution in [1.82, 2.24) is 0 Å². The van der Waals surface area contributed by atoms with Crippen LogP contribution in [-0.4, -0.2) is 57.6 Å². The maximum absolute atomic E-state index is 5.65. The van der Waals surface area contributed by atoms with Gasteiger partial charge in [0.15, 0.2) is 6.29 Å². The monoisotopic (exact) mass is 202 g/mol. The van der Waals surface area contributed by atoms with Gasteiger partial charge in [0.05, 0.1) is 19.8 Å². The summed E-state index contributed by atoms with van der Waals surface area (Å²) in [4.78, 5) is 0. The number of methoxy groups -OCH3 is 1. The number of rotatable bonds is 4. The lowest BCUT2D eigenvalue weighted by molar-refractivity contribution is -0.121. The van der Waals surface area contributed by atoms with Crippen LogP contribution in [0.4, 0.5) is 0 Å². The van der Waals surface area contributed by atoms with Crippen LogP contribution in [0.3, 0.4) is 0 Å². The van der Waals surface area contributed by atoms with E-state index in [1.807, 2.05) is 0 Å². The minimum Gasteiger partial charge on any atom is -0.382 e. The molecule has 0 amide bonds. The van der Waals surface area contributed by atoms with Crippen molar-refractivity contribution in [3.63, 3.8) is 0 Å². The Hall–Kier alpha value is -0.200. The van der Waals surface area contributed by atoms with Crippen LogP contribution in [0.2, 0.25) is 0 Å². The van der Waals surface area contributed by atoms with Gasteiger partial charge in [-0.05, 0) is 0 Å². The Bertz CT molecular complexity index is 221. The molecule has 14 heavy (non-hydrogen) atoms. The molecule has 0 radical (unpaired) electrons. The van der Waals surface area contributed by atoms with Gasteiger partial charge in [0, 0.05) is 7.11 Å². The first-order valence-electron chi connectivity index (χ1n) is 4.93. The lowest BCUT2D eigenvalue weighted by atomic mass is 10.1. The second kappa shape index (κ2) is 3.43. The molecule has 2 bridgehead atoms. The summed E-state index contributed by atoms with van der Waals surface area (Å²) in [5.74, 6) is 0. The van der Waals surface area contributed by atoms with Gasteiger partial charge in [-0.3, -0.25) is 0 Å². The summed E-state index contributed by atoms with van der Waals surface area (Å²) >= 11 is 0. The molecule has 3 fully saturated rings. The van der Waals surface area contributed by atoms with Gasteiger partial charge in [0.25, 0.3) is 0 Å². The minimum absolute atomic E-state index is 0.0221. The Kier molecular flexibility index (Phi) is 2.22. The quantitative estimate of drug-likeness (QED) is 0.456. The predicted molar refractivity (Wildman–Crippen MR) is 44.9 cm³/mol. The Morgan fingerprint density at radius 2 is 2.14 bits per heavy atom. The third-order valence-electron chi connectivity index (χ3n) is 2.85. The topological polar surface area (TPSA) is 49.5 Å². The molecule has 3 rings (SSSR count). The van der Waals surface area contributed by atoms with Crippen LogP contribution in [0.15, 0.2) is 0 Å². The van der Waals surface area contributed by atoms with E-state index in [0.29, 0.717) is 19.8 Å². The van der Waals surface area contributed by atoms with E-state index in [1.165, 1.54) is 0 Å². The predicted octanol–water partition coefficient (Wildman–Crippen LogP) is -0.460. The molecule has 0 aromatic rings. The SMILES string of the molecule is COCCO[C@H]1[C@@H]2O[C@H]2[C@@H]2OC[C@H]1O2. The molecule has 0 aliphatic carbocycles. The van der Waals surface area contributed by atoms with Gasteiger partial charge >= 0.3 is 0 Å². The van der Waals surface area contributed by atoms with Crippen molar-refractivity contribution < 1.29 is 23.7 Å². The second-order valence-electron chi connectivity index (χ2n) is 3.77. The smallest absolute Gasteiger partial charge is 0.187 e. The van der Waals surface area contributed by atoms with Crippen LogP contribution in [0, 0.1) is 0 Å². The van der Waals surface area contributed by atoms with Crippen molar-refractivity contribution in [2.45, 2.75) is 30.7 Å². The average Bonchev–Trinajstić information content (AvgIpc) is 2.87. The van der Waals surface area contributed by atoms with E-state index in [0.717, 1.165) is 0 Å². The fourth-order valence-electron chi connectivity index (χ4n) is 2.09. The van der Waals surface area contributed by atoms with Gasteiger partial charge < -0.3 is 23.7 Å². The molecule has 80 valence electrons. The zero-order chi connectivity index (χ0) is 9.54. The van der Waals surface area contributed by atoms with E-state index in [2.05, 4.69) is 0 Å². The number of hydrogen-bond acceptors (Lipinski definition) is 5. The van der Waals surface area contributed by atoms with Crippen molar-refractivity contribution in [1.29, 1.82) is 0 Å². The summed E-state index contributed by atoms with van der Waals surface area (Å²) in [6.07, 6.45) is 0.196. The summed E-state index contributed by atoms with van der Waals surface area (Å²) < 4.78 is 27.0. The highest BCUT2D eigenvalue weighted by molar-refractivity contribution is 5.04. The lowest BCUT2D eigenvalue weighted by Crippen LogP contribution is -2.42. The summed E-state index contributed by atoms with van der Waals surface area (Å²) in [7, 11) is 1.66. The van der Waals surface area contributed by atoms with Crippen molar-refractivity contribution in [2.75, 3.05) is 26.9 Å². The van der Waals surface area contributed by atoms with E-state index in [4.69, 9.17) is 23.7 Å². The largest absolute Gasteiger partial charge is 0.382 e. The van der Waals surface area contributed by atoms with Crippen molar-refractivity contribution >= 4 is 0 Å². The Morgan fingerprint density at radius 3 is 3.00 bits per heavy atom. The molecule has 3 aliphatic rings. The van der Waals surface area contributed by atoms with E-state index in [-0.39, 0.29) is 30.7 Å². The summed E-state index contributed by atoms with van der Waals surface area (Å²) in [6.45, 7) is 1.81. The molecule has 0 N–H and O–H groups in total. The molecule has 0 aromatic carbocycles. The van der Waals surface area contributed by atoms with Gasteiger partial charge in [-0.1, -0.05) is 0 Å². The highest BCUT2D eigenvalue weighted by Gasteiger charge is 2.62. The van der Waals surface area contributed by atoms with Gasteiger partial charge in [-0.15, -0.1) is 0 Å². The number of epoxide rings is 1. The normalized spacial score (nSPS) is 49.1. The highest BCUT2D eigenvalue weighted by atomic mass is 16.8. The van der Waals surface area contributed by atoms with Gasteiger partial charge in [0.1, 0.15) is 24.4 Å². The third kappa shape index (κ3) is 1.36. The van der Waals surface area contributed by atoms with Gasteiger partial charge in [-0.2, -0.15) is 0 Å². The van der Waals surface area contributed by atoms with Crippen molar-refractivity contribution in [2.24, 2.45) is 0 Å². The average molecular weight is 202 g/mol. The van der Waals surface area contributed by atoms with E-state index in [9.17, 15) is 0 Å². The van der Waals surface area contributed by atoms with Crippen LogP contribution in [0.5, 0.6) is 0 Å². The summed E-state index contributed by atoms with van der Waals surface area (Å²) in [6, 6.07) is 0. The fraction of sp³-hybridized carbons (Fsp3) is 1.00. The van der Waals surface area contributed by atoms with Crippen molar-refractivity contribution in [3.8, 4) is 0 Å². The Labute approximate surface area is 82.2 Å². The molecular weight excluding hydrogens is 188 g/mol. The van der Waals surface area contributed by atoms with E-state index < -0.39 is 0 Å². The molecule has 5 atom stereocenters. The van der Waals surface area contributed by atoms with Crippen LogP contribution >= 0.6 is 0 Å². The third-order valence-corrected chi connectivity index (χ3v) is 2.85. The van der Waals surface area contributed by atoms with E-state index in [1.54, 1.807) is 7.11 Å². The molecule has 0 unspecified atom stereocenters. The van der Waals surface area contributed by atoms with Crippen LogP contribution in [0.25, 0.3) is 0 Å². The van der Waals surface area contributed by atoms with Crippen molar-refractivity contribution in [3.05, 3.63) is 0 Å². The molecule has 5 nitrogen and oxygen atoms in total. The first kappa shape index (κ1) is 9.06. The van der Waals surface area contributed by atoms with Crippen LogP contribution in [-0.2, 0) is 23.7 Å². The maximum Gasteiger partial charge on any atom is 0.187 e. The fourth-order valence-corrected chi connectivity index (χ4v) is 2.09. The second-order valence-corrected chi connectivity index (χ2v) is 3.77. The zero-order valence-corrected chi connectivity index (χ0v) is 8.05. The van der Waals surface area contributed by atoms with Crippen LogP contribution in [0.1, 0.15) is 0 Å². The molecular formula is C9H14O5. The number of fused-ring (bicyclic) bond motifs is 4. The van der Waals surface area contributed by atoms with Crippen LogP contribution < -0.4 is 0 Å². The molecule has 0 saturated carbocycles. The Balaban J connectivity index is 1.57. The Morgan fingerprint density at radius 1 is 1.21 bits per heavy atom. The highest BCUT2D eigenvalue weighted by Crippen LogP contribution is 2.42. The first-order valence-corrected chi connectivity index (χ1v) is 4.93. The molecule has 0 spiro atoms. The first-order chi connectivity index (χ1) is 6.90. The van der Waals surface area contributed by atoms with Gasteiger partial charge in [0.2, 0.25) is 0 Å². The molecule has 5 heteroatoms. The maximum atomic E-state index is 5.65. The summed E-state index contributed by atoms with van der Waals surface area (Å²) in [5, 5.41) is 0. The number of hydrogen-bond donors (Lipinski definition) is 0. The molecule has 3 heterocycles. The molecule has 3 aliphatic heterocycles. The minimum atomic E-state index is -0.146. The number of ether oxygens (including phenoxy) is 5. The lowest BCUT2D eigenvalue weighted by Gasteiger charge is -2.24.